The minimum Gasteiger partial charge on any atom is -0.492 e. The van der Waals surface area contributed by atoms with E-state index in [4.69, 9.17) is 10.5 Å². The molecule has 0 radical (unpaired) electrons. The maximum Gasteiger partial charge on any atom is 0.230 e. The van der Waals surface area contributed by atoms with Gasteiger partial charge in [0.15, 0.2) is 0 Å². The first-order chi connectivity index (χ1) is 8.49. The van der Waals surface area contributed by atoms with Gasteiger partial charge in [-0.1, -0.05) is 20.8 Å². The molecule has 0 unspecified atom stereocenters. The summed E-state index contributed by atoms with van der Waals surface area (Å²) in [4.78, 5) is 12.0. The molecule has 100 valence electrons. The SMILES string of the molecule is CCC(C)(C)C(=O)Nc1ccc(OCCN)cc1. The van der Waals surface area contributed by atoms with Crippen LogP contribution < -0.4 is 15.8 Å². The smallest absolute Gasteiger partial charge is 0.230 e. The van der Waals surface area contributed by atoms with Crippen LogP contribution in [0.1, 0.15) is 27.2 Å². The first-order valence-corrected chi connectivity index (χ1v) is 6.24. The van der Waals surface area contributed by atoms with Gasteiger partial charge in [0.25, 0.3) is 0 Å². The lowest BCUT2D eigenvalue weighted by atomic mass is 9.89. The molecule has 0 heterocycles. The van der Waals surface area contributed by atoms with Crippen molar-refractivity contribution in [2.24, 2.45) is 11.1 Å². The molecule has 0 fully saturated rings. The van der Waals surface area contributed by atoms with Crippen molar-refractivity contribution in [3.63, 3.8) is 0 Å². The Bertz CT molecular complexity index is 385. The predicted octanol–water partition coefficient (Wildman–Crippen LogP) is 2.40. The zero-order valence-electron chi connectivity index (χ0n) is 11.3. The zero-order chi connectivity index (χ0) is 13.6. The molecule has 1 aromatic carbocycles. The summed E-state index contributed by atoms with van der Waals surface area (Å²) in [6.07, 6.45) is 0.802. The maximum atomic E-state index is 12.0. The van der Waals surface area contributed by atoms with E-state index in [0.29, 0.717) is 13.2 Å². The molecular weight excluding hydrogens is 228 g/mol. The zero-order valence-corrected chi connectivity index (χ0v) is 11.3. The van der Waals surface area contributed by atoms with Gasteiger partial charge in [-0.15, -0.1) is 0 Å². The Hall–Kier alpha value is -1.55. The predicted molar refractivity (Wildman–Crippen MR) is 73.7 cm³/mol. The fourth-order valence-electron chi connectivity index (χ4n) is 1.27. The third kappa shape index (κ3) is 4.04. The Morgan fingerprint density at radius 3 is 2.44 bits per heavy atom. The normalized spacial score (nSPS) is 11.1. The molecule has 0 aliphatic carbocycles. The Labute approximate surface area is 109 Å². The summed E-state index contributed by atoms with van der Waals surface area (Å²) in [6, 6.07) is 7.30. The van der Waals surface area contributed by atoms with Gasteiger partial charge in [-0.2, -0.15) is 0 Å². The Balaban J connectivity index is 2.61. The molecule has 0 aliphatic rings. The topological polar surface area (TPSA) is 64.3 Å². The van der Waals surface area contributed by atoms with Crippen LogP contribution in [-0.2, 0) is 4.79 Å². The fraction of sp³-hybridized carbons (Fsp3) is 0.500. The van der Waals surface area contributed by atoms with Crippen LogP contribution in [0.25, 0.3) is 0 Å². The van der Waals surface area contributed by atoms with Crippen molar-refractivity contribution in [2.45, 2.75) is 27.2 Å². The largest absolute Gasteiger partial charge is 0.492 e. The highest BCUT2D eigenvalue weighted by Gasteiger charge is 2.25. The number of ether oxygens (including phenoxy) is 1. The third-order valence-corrected chi connectivity index (χ3v) is 3.00. The van der Waals surface area contributed by atoms with Crippen LogP contribution in [0.2, 0.25) is 0 Å². The number of hydrogen-bond donors (Lipinski definition) is 2. The third-order valence-electron chi connectivity index (χ3n) is 3.00. The van der Waals surface area contributed by atoms with E-state index in [9.17, 15) is 4.79 Å². The van der Waals surface area contributed by atoms with Gasteiger partial charge < -0.3 is 15.8 Å². The van der Waals surface area contributed by atoms with Crippen LogP contribution in [-0.4, -0.2) is 19.1 Å². The molecule has 18 heavy (non-hydrogen) atoms. The molecule has 0 bridgehead atoms. The van der Waals surface area contributed by atoms with Gasteiger partial charge in [-0.05, 0) is 30.7 Å². The van der Waals surface area contributed by atoms with Gasteiger partial charge in [0.05, 0.1) is 0 Å². The fourth-order valence-corrected chi connectivity index (χ4v) is 1.27. The van der Waals surface area contributed by atoms with E-state index >= 15 is 0 Å². The van der Waals surface area contributed by atoms with Gasteiger partial charge in [-0.25, -0.2) is 0 Å². The molecule has 0 spiro atoms. The molecule has 0 aliphatic heterocycles. The molecule has 0 aromatic heterocycles. The number of carbonyl (C=O) groups is 1. The van der Waals surface area contributed by atoms with E-state index in [1.54, 1.807) is 0 Å². The summed E-state index contributed by atoms with van der Waals surface area (Å²) in [5.74, 6) is 0.786. The minimum absolute atomic E-state index is 0.0284. The van der Waals surface area contributed by atoms with Crippen LogP contribution >= 0.6 is 0 Å². The van der Waals surface area contributed by atoms with Crippen molar-refractivity contribution in [2.75, 3.05) is 18.5 Å². The average Bonchev–Trinajstić information content (AvgIpc) is 2.37. The number of amides is 1. The van der Waals surface area contributed by atoms with E-state index in [1.165, 1.54) is 0 Å². The van der Waals surface area contributed by atoms with Crippen LogP contribution in [0.3, 0.4) is 0 Å². The van der Waals surface area contributed by atoms with Crippen molar-refractivity contribution in [1.29, 1.82) is 0 Å². The van der Waals surface area contributed by atoms with E-state index in [1.807, 2.05) is 45.0 Å². The Morgan fingerprint density at radius 2 is 1.94 bits per heavy atom. The average molecular weight is 250 g/mol. The quantitative estimate of drug-likeness (QED) is 0.814. The summed E-state index contributed by atoms with van der Waals surface area (Å²) in [5, 5.41) is 2.90. The maximum absolute atomic E-state index is 12.0. The standard InChI is InChI=1S/C14H22N2O2/c1-4-14(2,3)13(17)16-11-5-7-12(8-6-11)18-10-9-15/h5-8H,4,9-10,15H2,1-3H3,(H,16,17). The van der Waals surface area contributed by atoms with Gasteiger partial charge in [0, 0.05) is 17.6 Å². The summed E-state index contributed by atoms with van der Waals surface area (Å²) in [5.41, 5.74) is 5.78. The van der Waals surface area contributed by atoms with Crippen molar-refractivity contribution < 1.29 is 9.53 Å². The van der Waals surface area contributed by atoms with E-state index in [0.717, 1.165) is 17.9 Å². The highest BCUT2D eigenvalue weighted by Crippen LogP contribution is 2.23. The number of carbonyl (C=O) groups excluding carboxylic acids is 1. The lowest BCUT2D eigenvalue weighted by molar-refractivity contribution is -0.124. The van der Waals surface area contributed by atoms with Crippen molar-refractivity contribution in [3.8, 4) is 5.75 Å². The molecular formula is C14H22N2O2. The lowest BCUT2D eigenvalue weighted by Crippen LogP contribution is -2.29. The minimum atomic E-state index is -0.352. The van der Waals surface area contributed by atoms with Crippen LogP contribution in [0.4, 0.5) is 5.69 Å². The molecule has 3 N–H and O–H groups in total. The molecule has 4 heteroatoms. The van der Waals surface area contributed by atoms with Gasteiger partial charge >= 0.3 is 0 Å². The second-order valence-electron chi connectivity index (χ2n) is 4.85. The van der Waals surface area contributed by atoms with E-state index < -0.39 is 0 Å². The second-order valence-corrected chi connectivity index (χ2v) is 4.85. The molecule has 1 rings (SSSR count). The molecule has 0 saturated heterocycles. The summed E-state index contributed by atoms with van der Waals surface area (Å²) in [6.45, 7) is 6.85. The van der Waals surface area contributed by atoms with Crippen molar-refractivity contribution >= 4 is 11.6 Å². The summed E-state index contributed by atoms with van der Waals surface area (Å²) < 4.78 is 5.37. The first kappa shape index (κ1) is 14.5. The number of nitrogens with two attached hydrogens (primary N) is 1. The monoisotopic (exact) mass is 250 g/mol. The lowest BCUT2D eigenvalue weighted by Gasteiger charge is -2.21. The Morgan fingerprint density at radius 1 is 1.33 bits per heavy atom. The number of nitrogens with one attached hydrogen (secondary N) is 1. The molecule has 4 nitrogen and oxygen atoms in total. The van der Waals surface area contributed by atoms with Crippen molar-refractivity contribution in [1.82, 2.24) is 0 Å². The Kier molecular flexibility index (Phi) is 5.16. The van der Waals surface area contributed by atoms with E-state index in [-0.39, 0.29) is 11.3 Å². The van der Waals surface area contributed by atoms with Crippen molar-refractivity contribution in [3.05, 3.63) is 24.3 Å². The summed E-state index contributed by atoms with van der Waals surface area (Å²) >= 11 is 0. The van der Waals surface area contributed by atoms with Crippen LogP contribution in [0, 0.1) is 5.41 Å². The molecule has 0 saturated carbocycles. The highest BCUT2D eigenvalue weighted by molar-refractivity contribution is 5.94. The van der Waals surface area contributed by atoms with Gasteiger partial charge in [0.2, 0.25) is 5.91 Å². The molecule has 1 amide bonds. The second kappa shape index (κ2) is 6.40. The highest BCUT2D eigenvalue weighted by atomic mass is 16.5. The number of benzene rings is 1. The number of anilines is 1. The number of rotatable bonds is 6. The summed E-state index contributed by atoms with van der Waals surface area (Å²) in [7, 11) is 0. The van der Waals surface area contributed by atoms with Gasteiger partial charge in [0.1, 0.15) is 12.4 Å². The van der Waals surface area contributed by atoms with E-state index in [2.05, 4.69) is 5.32 Å². The van der Waals surface area contributed by atoms with Crippen LogP contribution in [0.15, 0.2) is 24.3 Å². The molecule has 1 aromatic rings. The van der Waals surface area contributed by atoms with Gasteiger partial charge in [-0.3, -0.25) is 4.79 Å². The number of hydrogen-bond acceptors (Lipinski definition) is 3. The molecule has 0 atom stereocenters. The van der Waals surface area contributed by atoms with Crippen LogP contribution in [0.5, 0.6) is 5.75 Å². The first-order valence-electron chi connectivity index (χ1n) is 6.24.